The van der Waals surface area contributed by atoms with E-state index in [1.165, 1.54) is 14.2 Å². The van der Waals surface area contributed by atoms with Crippen LogP contribution in [0.3, 0.4) is 0 Å². The van der Waals surface area contributed by atoms with Crippen molar-refractivity contribution < 1.29 is 19.2 Å². The van der Waals surface area contributed by atoms with Crippen molar-refractivity contribution in [3.05, 3.63) is 11.8 Å². The predicted octanol–water partition coefficient (Wildman–Crippen LogP) is 1.70. The standard InChI is InChI=1S/C10H17N3O4/c1-7(2)12-9(6-8(3)11-12)17-10(14)13(15-4)16-5/h6-7H,1-5H3. The number of amides is 1. The second-order valence-electron chi connectivity index (χ2n) is 3.65. The summed E-state index contributed by atoms with van der Waals surface area (Å²) in [7, 11) is 2.60. The molecule has 1 heterocycles. The van der Waals surface area contributed by atoms with E-state index in [-0.39, 0.29) is 6.04 Å². The van der Waals surface area contributed by atoms with Crippen LogP contribution in [0.15, 0.2) is 6.07 Å². The zero-order chi connectivity index (χ0) is 13.0. The quantitative estimate of drug-likeness (QED) is 0.753. The summed E-state index contributed by atoms with van der Waals surface area (Å²) >= 11 is 0. The summed E-state index contributed by atoms with van der Waals surface area (Å²) in [5.74, 6) is 0.349. The van der Waals surface area contributed by atoms with Crippen molar-refractivity contribution in [1.82, 2.24) is 15.0 Å². The third-order valence-corrected chi connectivity index (χ3v) is 1.99. The van der Waals surface area contributed by atoms with Gasteiger partial charge < -0.3 is 4.74 Å². The number of aryl methyl sites for hydroxylation is 1. The number of ether oxygens (including phenoxy) is 1. The lowest BCUT2D eigenvalue weighted by atomic mass is 10.4. The molecule has 0 aromatic carbocycles. The molecule has 1 rings (SSSR count). The van der Waals surface area contributed by atoms with Crippen LogP contribution < -0.4 is 4.74 Å². The average molecular weight is 243 g/mol. The fourth-order valence-corrected chi connectivity index (χ4v) is 1.29. The van der Waals surface area contributed by atoms with Crippen molar-refractivity contribution in [2.45, 2.75) is 26.8 Å². The largest absolute Gasteiger partial charge is 0.466 e. The maximum Gasteiger partial charge on any atom is 0.466 e. The highest BCUT2D eigenvalue weighted by molar-refractivity contribution is 5.67. The topological polar surface area (TPSA) is 65.8 Å². The van der Waals surface area contributed by atoms with Crippen LogP contribution in [-0.2, 0) is 9.68 Å². The SMILES string of the molecule is CON(OC)C(=O)Oc1cc(C)nn1C(C)C. The summed E-state index contributed by atoms with van der Waals surface area (Å²) in [6.07, 6.45) is -0.767. The van der Waals surface area contributed by atoms with Crippen molar-refractivity contribution in [3.8, 4) is 5.88 Å². The first-order valence-corrected chi connectivity index (χ1v) is 5.16. The second kappa shape index (κ2) is 5.65. The van der Waals surface area contributed by atoms with Crippen LogP contribution in [0.5, 0.6) is 5.88 Å². The Kier molecular flexibility index (Phi) is 4.47. The third-order valence-electron chi connectivity index (χ3n) is 1.99. The summed E-state index contributed by atoms with van der Waals surface area (Å²) in [6.45, 7) is 5.70. The van der Waals surface area contributed by atoms with Crippen LogP contribution in [-0.4, -0.2) is 35.3 Å². The van der Waals surface area contributed by atoms with Gasteiger partial charge >= 0.3 is 6.09 Å². The first-order chi connectivity index (χ1) is 7.99. The van der Waals surface area contributed by atoms with Gasteiger partial charge in [0.25, 0.3) is 0 Å². The minimum atomic E-state index is -0.767. The number of carbonyl (C=O) groups excluding carboxylic acids is 1. The average Bonchev–Trinajstić information content (AvgIpc) is 2.61. The molecule has 0 saturated heterocycles. The van der Waals surface area contributed by atoms with Gasteiger partial charge in [-0.3, -0.25) is 0 Å². The van der Waals surface area contributed by atoms with E-state index in [1.807, 2.05) is 20.8 Å². The first kappa shape index (κ1) is 13.5. The summed E-state index contributed by atoms with van der Waals surface area (Å²) in [6, 6.07) is 1.76. The minimum Gasteiger partial charge on any atom is -0.388 e. The summed E-state index contributed by atoms with van der Waals surface area (Å²) < 4.78 is 6.72. The highest BCUT2D eigenvalue weighted by atomic mass is 17.0. The lowest BCUT2D eigenvalue weighted by Crippen LogP contribution is -2.32. The Bertz CT molecular complexity index is 385. The normalized spacial score (nSPS) is 10.7. The highest BCUT2D eigenvalue weighted by Gasteiger charge is 2.19. The minimum absolute atomic E-state index is 0.0880. The molecule has 0 aliphatic heterocycles. The molecule has 1 aromatic rings. The number of rotatable bonds is 4. The van der Waals surface area contributed by atoms with E-state index in [1.54, 1.807) is 10.7 Å². The number of aromatic nitrogens is 2. The van der Waals surface area contributed by atoms with Crippen LogP contribution in [0.2, 0.25) is 0 Å². The molecule has 0 atom stereocenters. The van der Waals surface area contributed by atoms with Crippen LogP contribution in [0.1, 0.15) is 25.6 Å². The van der Waals surface area contributed by atoms with E-state index in [0.717, 1.165) is 5.69 Å². The molecule has 0 unspecified atom stereocenters. The van der Waals surface area contributed by atoms with E-state index in [9.17, 15) is 4.79 Å². The first-order valence-electron chi connectivity index (χ1n) is 5.16. The van der Waals surface area contributed by atoms with Gasteiger partial charge in [-0.25, -0.2) is 19.2 Å². The summed E-state index contributed by atoms with van der Waals surface area (Å²) in [5.41, 5.74) is 0.767. The molecule has 0 radical (unpaired) electrons. The van der Waals surface area contributed by atoms with Gasteiger partial charge in [-0.15, -0.1) is 0 Å². The van der Waals surface area contributed by atoms with Crippen LogP contribution in [0.4, 0.5) is 4.79 Å². The zero-order valence-electron chi connectivity index (χ0n) is 10.6. The van der Waals surface area contributed by atoms with Gasteiger partial charge in [0.2, 0.25) is 5.88 Å². The Morgan fingerprint density at radius 1 is 1.41 bits per heavy atom. The number of carbonyl (C=O) groups is 1. The fourth-order valence-electron chi connectivity index (χ4n) is 1.29. The summed E-state index contributed by atoms with van der Waals surface area (Å²) in [4.78, 5) is 20.9. The molecule has 96 valence electrons. The van der Waals surface area contributed by atoms with Gasteiger partial charge in [0.05, 0.1) is 26.0 Å². The van der Waals surface area contributed by atoms with Gasteiger partial charge in [-0.2, -0.15) is 5.10 Å². The number of hydrogen-bond acceptors (Lipinski definition) is 5. The molecule has 0 aliphatic carbocycles. The molecule has 1 aromatic heterocycles. The van der Waals surface area contributed by atoms with Crippen molar-refractivity contribution in [2.24, 2.45) is 0 Å². The molecule has 0 N–H and O–H groups in total. The van der Waals surface area contributed by atoms with E-state index in [4.69, 9.17) is 4.74 Å². The monoisotopic (exact) mass is 243 g/mol. The fraction of sp³-hybridized carbons (Fsp3) is 0.600. The van der Waals surface area contributed by atoms with Crippen molar-refractivity contribution in [2.75, 3.05) is 14.2 Å². The molecule has 0 aliphatic rings. The van der Waals surface area contributed by atoms with Crippen LogP contribution >= 0.6 is 0 Å². The molecule has 0 fully saturated rings. The number of nitrogens with zero attached hydrogens (tertiary/aromatic N) is 3. The zero-order valence-corrected chi connectivity index (χ0v) is 10.6. The molecule has 7 heteroatoms. The molecule has 1 amide bonds. The van der Waals surface area contributed by atoms with E-state index in [0.29, 0.717) is 11.1 Å². The van der Waals surface area contributed by atoms with Crippen molar-refractivity contribution in [1.29, 1.82) is 0 Å². The van der Waals surface area contributed by atoms with Gasteiger partial charge in [-0.1, -0.05) is 0 Å². The molecule has 0 bridgehead atoms. The smallest absolute Gasteiger partial charge is 0.388 e. The highest BCUT2D eigenvalue weighted by Crippen LogP contribution is 2.19. The number of hydrogen-bond donors (Lipinski definition) is 0. The molecule has 7 nitrogen and oxygen atoms in total. The lowest BCUT2D eigenvalue weighted by Gasteiger charge is -2.16. The van der Waals surface area contributed by atoms with Gasteiger partial charge in [-0.05, 0) is 26.0 Å². The second-order valence-corrected chi connectivity index (χ2v) is 3.65. The molecular weight excluding hydrogens is 226 g/mol. The molecule has 17 heavy (non-hydrogen) atoms. The Balaban J connectivity index is 2.84. The van der Waals surface area contributed by atoms with Crippen LogP contribution in [0.25, 0.3) is 0 Å². The Morgan fingerprint density at radius 3 is 2.47 bits per heavy atom. The van der Waals surface area contributed by atoms with Gasteiger partial charge in [0.1, 0.15) is 0 Å². The van der Waals surface area contributed by atoms with E-state index < -0.39 is 6.09 Å². The maximum atomic E-state index is 11.6. The molecule has 0 saturated carbocycles. The van der Waals surface area contributed by atoms with E-state index in [2.05, 4.69) is 14.8 Å². The predicted molar refractivity (Wildman–Crippen MR) is 59.2 cm³/mol. The van der Waals surface area contributed by atoms with Crippen molar-refractivity contribution in [3.63, 3.8) is 0 Å². The van der Waals surface area contributed by atoms with Gasteiger partial charge in [0, 0.05) is 6.07 Å². The van der Waals surface area contributed by atoms with Gasteiger partial charge in [0.15, 0.2) is 0 Å². The summed E-state index contributed by atoms with van der Waals surface area (Å²) in [5, 5.41) is 4.85. The lowest BCUT2D eigenvalue weighted by molar-refractivity contribution is -0.305. The third kappa shape index (κ3) is 3.18. The molecule has 0 spiro atoms. The maximum absolute atomic E-state index is 11.6. The Hall–Kier alpha value is -1.60. The Morgan fingerprint density at radius 2 is 2.00 bits per heavy atom. The number of hydroxylamine groups is 2. The Labute approximate surface area is 99.8 Å². The molecular formula is C10H17N3O4. The van der Waals surface area contributed by atoms with E-state index >= 15 is 0 Å². The van der Waals surface area contributed by atoms with Crippen LogP contribution in [0, 0.1) is 6.92 Å². The van der Waals surface area contributed by atoms with Crippen molar-refractivity contribution >= 4 is 6.09 Å².